The van der Waals surface area contributed by atoms with Gasteiger partial charge in [-0.15, -0.1) is 0 Å². The zero-order valence-electron chi connectivity index (χ0n) is 12.1. The van der Waals surface area contributed by atoms with Gasteiger partial charge in [-0.05, 0) is 42.5 Å². The number of pyridine rings is 2. The largest absolute Gasteiger partial charge is 0.254 e. The summed E-state index contributed by atoms with van der Waals surface area (Å²) in [5.74, 6) is 0. The third-order valence-electron chi connectivity index (χ3n) is 3.18. The minimum absolute atomic E-state index is 0.982. The number of rotatable bonds is 1. The summed E-state index contributed by atoms with van der Waals surface area (Å²) in [5.41, 5.74) is 6.00. The molecule has 0 N–H and O–H groups in total. The van der Waals surface area contributed by atoms with Gasteiger partial charge in [0.2, 0.25) is 0 Å². The van der Waals surface area contributed by atoms with Gasteiger partial charge in [0.1, 0.15) is 0 Å². The zero-order valence-corrected chi connectivity index (χ0v) is 12.1. The van der Waals surface area contributed by atoms with Crippen molar-refractivity contribution in [3.63, 3.8) is 0 Å². The molecule has 1 aliphatic carbocycles. The Morgan fingerprint density at radius 3 is 2.32 bits per heavy atom. The molecule has 100 valence electrons. The molecule has 0 amide bonds. The summed E-state index contributed by atoms with van der Waals surface area (Å²) >= 11 is 0. The van der Waals surface area contributed by atoms with E-state index in [0.29, 0.717) is 0 Å². The molecule has 2 nitrogen and oxygen atoms in total. The molecule has 0 bridgehead atoms. The van der Waals surface area contributed by atoms with Crippen molar-refractivity contribution < 1.29 is 0 Å². The molecule has 19 heavy (non-hydrogen) atoms. The second kappa shape index (κ2) is 6.46. The van der Waals surface area contributed by atoms with Crippen molar-refractivity contribution in [1.29, 1.82) is 0 Å². The van der Waals surface area contributed by atoms with Crippen LogP contribution in [-0.2, 0) is 19.3 Å². The molecule has 0 saturated heterocycles. The Morgan fingerprint density at radius 1 is 0.947 bits per heavy atom. The fourth-order valence-corrected chi connectivity index (χ4v) is 2.25. The number of nitrogens with zero attached hydrogens (tertiary/aromatic N) is 2. The van der Waals surface area contributed by atoms with Gasteiger partial charge < -0.3 is 0 Å². The van der Waals surface area contributed by atoms with Crippen molar-refractivity contribution in [2.24, 2.45) is 0 Å². The first-order valence-electron chi connectivity index (χ1n) is 7.23. The molecule has 0 atom stereocenters. The van der Waals surface area contributed by atoms with Crippen molar-refractivity contribution in [2.75, 3.05) is 0 Å². The first-order chi connectivity index (χ1) is 9.30. The Balaban J connectivity index is 0.000000408. The highest BCUT2D eigenvalue weighted by atomic mass is 14.8. The van der Waals surface area contributed by atoms with Crippen molar-refractivity contribution in [3.05, 3.63) is 47.3 Å². The molecule has 3 rings (SSSR count). The fourth-order valence-electron chi connectivity index (χ4n) is 2.25. The lowest BCUT2D eigenvalue weighted by molar-refractivity contribution is 0.898. The monoisotopic (exact) mass is 254 g/mol. The number of hydrogen-bond acceptors (Lipinski definition) is 2. The summed E-state index contributed by atoms with van der Waals surface area (Å²) in [4.78, 5) is 9.18. The van der Waals surface area contributed by atoms with Crippen molar-refractivity contribution >= 4 is 0 Å². The van der Waals surface area contributed by atoms with Crippen LogP contribution in [0.4, 0.5) is 0 Å². The van der Waals surface area contributed by atoms with E-state index in [1.165, 1.54) is 17.5 Å². The van der Waals surface area contributed by atoms with Crippen molar-refractivity contribution in [2.45, 2.75) is 46.5 Å². The Morgan fingerprint density at radius 2 is 1.63 bits per heavy atom. The first-order valence-corrected chi connectivity index (χ1v) is 7.23. The van der Waals surface area contributed by atoms with Gasteiger partial charge in [-0.2, -0.15) is 0 Å². The highest BCUT2D eigenvalue weighted by molar-refractivity contribution is 5.65. The van der Waals surface area contributed by atoms with Crippen LogP contribution in [-0.4, -0.2) is 9.97 Å². The summed E-state index contributed by atoms with van der Waals surface area (Å²) in [7, 11) is 0. The maximum atomic E-state index is 4.71. The van der Waals surface area contributed by atoms with E-state index >= 15 is 0 Å². The maximum Gasteiger partial charge on any atom is 0.0924 e. The van der Waals surface area contributed by atoms with E-state index in [9.17, 15) is 0 Å². The van der Waals surface area contributed by atoms with Gasteiger partial charge in [0.15, 0.2) is 0 Å². The smallest absolute Gasteiger partial charge is 0.0924 e. The molecule has 0 aliphatic heterocycles. The lowest BCUT2D eigenvalue weighted by Gasteiger charge is -2.18. The first kappa shape index (κ1) is 13.7. The Hall–Kier alpha value is -1.70. The van der Waals surface area contributed by atoms with Crippen LogP contribution in [0.1, 0.15) is 44.0 Å². The average molecular weight is 254 g/mol. The Labute approximate surface area is 115 Å². The predicted molar refractivity (Wildman–Crippen MR) is 80.2 cm³/mol. The third kappa shape index (κ3) is 3.01. The molecule has 0 unspecified atom stereocenters. The molecule has 0 aromatic carbocycles. The van der Waals surface area contributed by atoms with E-state index < -0.39 is 0 Å². The highest BCUT2D eigenvalue weighted by Gasteiger charge is 2.18. The second-order valence-electron chi connectivity index (χ2n) is 4.88. The predicted octanol–water partition coefficient (Wildman–Crippen LogP) is 4.22. The summed E-state index contributed by atoms with van der Waals surface area (Å²) in [6, 6.07) is 8.50. The van der Waals surface area contributed by atoms with Gasteiger partial charge >= 0.3 is 0 Å². The normalized spacial score (nSPS) is 11.9. The minimum atomic E-state index is 0.982. The molecule has 2 aromatic rings. The van der Waals surface area contributed by atoms with Crippen LogP contribution in [0.5, 0.6) is 0 Å². The SMILES string of the molecule is CCC.CCc1ccc2c(n1)-c1ncccc1CC2. The standard InChI is InChI=1S/C14H14N2.C3H8/c1-2-12-8-7-11-6-5-10-4-3-9-15-13(10)14(11)16-12;1-3-2/h3-4,7-9H,2,5-6H2,1H3;3H2,1-2H3. The van der Waals surface area contributed by atoms with Gasteiger partial charge in [0, 0.05) is 11.9 Å². The van der Waals surface area contributed by atoms with Crippen molar-refractivity contribution in [1.82, 2.24) is 9.97 Å². The van der Waals surface area contributed by atoms with Gasteiger partial charge in [0.25, 0.3) is 0 Å². The third-order valence-corrected chi connectivity index (χ3v) is 3.18. The van der Waals surface area contributed by atoms with Gasteiger partial charge in [-0.3, -0.25) is 9.97 Å². The van der Waals surface area contributed by atoms with E-state index in [4.69, 9.17) is 4.98 Å². The molecule has 2 heteroatoms. The molecular weight excluding hydrogens is 232 g/mol. The van der Waals surface area contributed by atoms with Crippen LogP contribution >= 0.6 is 0 Å². The van der Waals surface area contributed by atoms with Gasteiger partial charge in [-0.25, -0.2) is 0 Å². The highest BCUT2D eigenvalue weighted by Crippen LogP contribution is 2.29. The van der Waals surface area contributed by atoms with Crippen LogP contribution < -0.4 is 0 Å². The number of hydrogen-bond donors (Lipinski definition) is 0. The molecule has 0 spiro atoms. The lowest BCUT2D eigenvalue weighted by Crippen LogP contribution is -2.08. The van der Waals surface area contributed by atoms with Crippen LogP contribution in [0, 0.1) is 0 Å². The summed E-state index contributed by atoms with van der Waals surface area (Å²) in [6.45, 7) is 6.39. The summed E-state index contributed by atoms with van der Waals surface area (Å²) in [5, 5.41) is 0. The second-order valence-corrected chi connectivity index (χ2v) is 4.88. The topological polar surface area (TPSA) is 25.8 Å². The quantitative estimate of drug-likeness (QED) is 0.761. The van der Waals surface area contributed by atoms with E-state index in [0.717, 1.165) is 36.3 Å². The van der Waals surface area contributed by atoms with Gasteiger partial charge in [-0.1, -0.05) is 39.3 Å². The molecule has 0 saturated carbocycles. The van der Waals surface area contributed by atoms with Crippen LogP contribution in [0.3, 0.4) is 0 Å². The van der Waals surface area contributed by atoms with Crippen LogP contribution in [0.15, 0.2) is 30.5 Å². The van der Waals surface area contributed by atoms with E-state index in [1.54, 1.807) is 0 Å². The Bertz CT molecular complexity index is 547. The van der Waals surface area contributed by atoms with Gasteiger partial charge in [0.05, 0.1) is 11.4 Å². The molecule has 2 heterocycles. The molecule has 1 aliphatic rings. The average Bonchev–Trinajstić information content (AvgIpc) is 2.47. The zero-order chi connectivity index (χ0) is 13.7. The molecule has 0 radical (unpaired) electrons. The summed E-state index contributed by atoms with van der Waals surface area (Å²) < 4.78 is 0. The van der Waals surface area contributed by atoms with Crippen LogP contribution in [0.2, 0.25) is 0 Å². The Kier molecular flexibility index (Phi) is 4.67. The minimum Gasteiger partial charge on any atom is -0.254 e. The van der Waals surface area contributed by atoms with E-state index in [-0.39, 0.29) is 0 Å². The maximum absolute atomic E-state index is 4.71. The molecule has 0 fully saturated rings. The molecule has 2 aromatic heterocycles. The lowest BCUT2D eigenvalue weighted by atomic mass is 9.92. The fraction of sp³-hybridized carbons (Fsp3) is 0.412. The van der Waals surface area contributed by atoms with Crippen LogP contribution in [0.25, 0.3) is 11.4 Å². The number of fused-ring (bicyclic) bond motifs is 3. The number of aryl methyl sites for hydroxylation is 3. The van der Waals surface area contributed by atoms with E-state index in [1.807, 2.05) is 12.3 Å². The van der Waals surface area contributed by atoms with E-state index in [2.05, 4.69) is 44.0 Å². The summed E-state index contributed by atoms with van der Waals surface area (Å²) in [6.07, 6.45) is 6.26. The number of aromatic nitrogens is 2. The van der Waals surface area contributed by atoms with Crippen molar-refractivity contribution in [3.8, 4) is 11.4 Å². The molecular formula is C17H22N2.